The third-order valence-electron chi connectivity index (χ3n) is 1.61. The van der Waals surface area contributed by atoms with E-state index in [0.29, 0.717) is 0 Å². The zero-order chi connectivity index (χ0) is 10.7. The second-order valence-corrected chi connectivity index (χ2v) is 2.88. The van der Waals surface area contributed by atoms with Gasteiger partial charge in [-0.25, -0.2) is 10.0 Å². The van der Waals surface area contributed by atoms with Crippen LogP contribution in [0.15, 0.2) is 12.3 Å². The van der Waals surface area contributed by atoms with E-state index in [0.717, 1.165) is 11.3 Å². The van der Waals surface area contributed by atoms with Crippen molar-refractivity contribution in [3.8, 4) is 5.75 Å². The van der Waals surface area contributed by atoms with Crippen molar-refractivity contribution in [2.75, 3.05) is 14.2 Å². The molecule has 76 valence electrons. The lowest BCUT2D eigenvalue weighted by atomic mass is 10.2. The zero-order valence-electron chi connectivity index (χ0n) is 7.69. The maximum absolute atomic E-state index is 11.5. The molecule has 0 unspecified atom stereocenters. The fraction of sp³-hybridized carbons (Fsp3) is 0.250. The lowest BCUT2D eigenvalue weighted by molar-refractivity contribution is -0.0757. The van der Waals surface area contributed by atoms with Crippen LogP contribution >= 0.6 is 11.6 Å². The number of hydrogen-bond acceptors (Lipinski definition) is 4. The number of halogens is 1. The Bertz CT molecular complexity index is 356. The van der Waals surface area contributed by atoms with Gasteiger partial charge in [0.1, 0.15) is 10.9 Å². The Morgan fingerprint density at radius 3 is 2.93 bits per heavy atom. The fourth-order valence-corrected chi connectivity index (χ4v) is 1.02. The number of aromatic hydroxyl groups is 1. The van der Waals surface area contributed by atoms with Crippen LogP contribution in [0, 0.1) is 0 Å². The second kappa shape index (κ2) is 4.26. The van der Waals surface area contributed by atoms with Crippen LogP contribution in [0.25, 0.3) is 0 Å². The van der Waals surface area contributed by atoms with Crippen molar-refractivity contribution >= 4 is 17.5 Å². The van der Waals surface area contributed by atoms with Crippen LogP contribution in [0.5, 0.6) is 5.75 Å². The molecule has 0 aliphatic rings. The highest BCUT2D eigenvalue weighted by Gasteiger charge is 2.16. The number of pyridine rings is 1. The van der Waals surface area contributed by atoms with Crippen molar-refractivity contribution in [2.45, 2.75) is 0 Å². The fourth-order valence-electron chi connectivity index (χ4n) is 0.840. The van der Waals surface area contributed by atoms with E-state index in [1.807, 2.05) is 0 Å². The molecular formula is C8H9ClN2O3. The van der Waals surface area contributed by atoms with Crippen LogP contribution in [-0.4, -0.2) is 35.2 Å². The van der Waals surface area contributed by atoms with Gasteiger partial charge in [0, 0.05) is 7.05 Å². The van der Waals surface area contributed by atoms with Crippen molar-refractivity contribution in [1.29, 1.82) is 0 Å². The largest absolute Gasteiger partial charge is 0.506 e. The first kappa shape index (κ1) is 10.7. The first-order valence-electron chi connectivity index (χ1n) is 3.73. The van der Waals surface area contributed by atoms with Gasteiger partial charge in [0.15, 0.2) is 0 Å². The molecule has 0 aromatic carbocycles. The number of aromatic nitrogens is 1. The molecule has 0 radical (unpaired) electrons. The Labute approximate surface area is 85.8 Å². The monoisotopic (exact) mass is 216 g/mol. The third-order valence-corrected chi connectivity index (χ3v) is 1.92. The first-order valence-corrected chi connectivity index (χ1v) is 4.10. The van der Waals surface area contributed by atoms with E-state index in [4.69, 9.17) is 16.7 Å². The van der Waals surface area contributed by atoms with Gasteiger partial charge in [-0.2, -0.15) is 0 Å². The van der Waals surface area contributed by atoms with Gasteiger partial charge >= 0.3 is 0 Å². The minimum absolute atomic E-state index is 0.0247. The molecule has 0 saturated heterocycles. The summed E-state index contributed by atoms with van der Waals surface area (Å²) in [5, 5.41) is 10.1. The standard InChI is InChI=1S/C8H9ClN2O3/c1-11(14-2)8(13)6-3-5(12)4-10-7(6)9/h3-4,12H,1-2H3. The summed E-state index contributed by atoms with van der Waals surface area (Å²) in [5.74, 6) is -0.594. The first-order chi connectivity index (χ1) is 6.56. The topological polar surface area (TPSA) is 62.7 Å². The molecule has 1 aromatic heterocycles. The molecule has 0 bridgehead atoms. The van der Waals surface area contributed by atoms with E-state index < -0.39 is 5.91 Å². The minimum Gasteiger partial charge on any atom is -0.506 e. The summed E-state index contributed by atoms with van der Waals surface area (Å²) >= 11 is 5.67. The molecule has 1 N–H and O–H groups in total. The van der Waals surface area contributed by atoms with Crippen molar-refractivity contribution in [2.24, 2.45) is 0 Å². The Kier molecular flexibility index (Phi) is 3.27. The van der Waals surface area contributed by atoms with Gasteiger partial charge in [0.05, 0.1) is 18.9 Å². The Morgan fingerprint density at radius 2 is 2.36 bits per heavy atom. The van der Waals surface area contributed by atoms with E-state index in [1.165, 1.54) is 20.2 Å². The summed E-state index contributed by atoms with van der Waals surface area (Å²) in [6.45, 7) is 0. The van der Waals surface area contributed by atoms with Crippen LogP contribution in [0.3, 0.4) is 0 Å². The Morgan fingerprint density at radius 1 is 1.71 bits per heavy atom. The van der Waals surface area contributed by atoms with Crippen molar-refractivity contribution in [1.82, 2.24) is 10.0 Å². The smallest absolute Gasteiger partial charge is 0.280 e. The number of carbonyl (C=O) groups is 1. The van der Waals surface area contributed by atoms with E-state index in [-0.39, 0.29) is 16.5 Å². The lowest BCUT2D eigenvalue weighted by Crippen LogP contribution is -2.25. The molecule has 1 aromatic rings. The van der Waals surface area contributed by atoms with Gasteiger partial charge in [0.2, 0.25) is 0 Å². The van der Waals surface area contributed by atoms with E-state index >= 15 is 0 Å². The highest BCUT2D eigenvalue weighted by molar-refractivity contribution is 6.32. The van der Waals surface area contributed by atoms with Crippen LogP contribution in [0.2, 0.25) is 5.15 Å². The molecular weight excluding hydrogens is 208 g/mol. The van der Waals surface area contributed by atoms with Gasteiger partial charge < -0.3 is 5.11 Å². The average molecular weight is 217 g/mol. The summed E-state index contributed by atoms with van der Waals surface area (Å²) in [6, 6.07) is 1.23. The molecule has 5 nitrogen and oxygen atoms in total. The molecule has 0 atom stereocenters. The predicted octanol–water partition coefficient (Wildman–Crippen LogP) is 1.07. The number of carbonyl (C=O) groups excluding carboxylic acids is 1. The van der Waals surface area contributed by atoms with Crippen molar-refractivity contribution < 1.29 is 14.7 Å². The predicted molar refractivity (Wildman–Crippen MR) is 50.0 cm³/mol. The highest BCUT2D eigenvalue weighted by Crippen LogP contribution is 2.19. The average Bonchev–Trinajstić information content (AvgIpc) is 2.19. The molecule has 1 heterocycles. The second-order valence-electron chi connectivity index (χ2n) is 2.52. The van der Waals surface area contributed by atoms with Gasteiger partial charge in [-0.05, 0) is 6.07 Å². The molecule has 6 heteroatoms. The van der Waals surface area contributed by atoms with E-state index in [9.17, 15) is 4.79 Å². The van der Waals surface area contributed by atoms with Crippen LogP contribution < -0.4 is 0 Å². The minimum atomic E-state index is -0.471. The van der Waals surface area contributed by atoms with Crippen molar-refractivity contribution in [3.05, 3.63) is 23.0 Å². The van der Waals surface area contributed by atoms with Gasteiger partial charge in [-0.1, -0.05) is 11.6 Å². The third kappa shape index (κ3) is 2.12. The Balaban J connectivity index is 3.06. The van der Waals surface area contributed by atoms with Gasteiger partial charge in [0.25, 0.3) is 5.91 Å². The van der Waals surface area contributed by atoms with Crippen LogP contribution in [0.1, 0.15) is 10.4 Å². The van der Waals surface area contributed by atoms with E-state index in [2.05, 4.69) is 9.82 Å². The van der Waals surface area contributed by atoms with Gasteiger partial charge in [-0.3, -0.25) is 9.63 Å². The normalized spacial score (nSPS) is 9.93. The summed E-state index contributed by atoms with van der Waals surface area (Å²) in [6.07, 6.45) is 1.16. The number of hydroxylamine groups is 2. The number of nitrogens with zero attached hydrogens (tertiary/aromatic N) is 2. The highest BCUT2D eigenvalue weighted by atomic mass is 35.5. The number of amides is 1. The molecule has 1 amide bonds. The van der Waals surface area contributed by atoms with Crippen molar-refractivity contribution in [3.63, 3.8) is 0 Å². The summed E-state index contributed by atoms with van der Waals surface area (Å²) in [5.41, 5.74) is 0.0935. The maximum Gasteiger partial charge on any atom is 0.280 e. The lowest BCUT2D eigenvalue weighted by Gasteiger charge is -2.13. The summed E-state index contributed by atoms with van der Waals surface area (Å²) in [4.78, 5) is 19.8. The molecule has 0 aliphatic heterocycles. The molecule has 0 aliphatic carbocycles. The van der Waals surface area contributed by atoms with Gasteiger partial charge in [-0.15, -0.1) is 0 Å². The Hall–Kier alpha value is -1.33. The molecule has 0 fully saturated rings. The molecule has 1 rings (SSSR count). The van der Waals surface area contributed by atoms with Crippen LogP contribution in [0.4, 0.5) is 0 Å². The maximum atomic E-state index is 11.5. The molecule has 14 heavy (non-hydrogen) atoms. The summed E-state index contributed by atoms with van der Waals surface area (Å²) < 4.78 is 0. The molecule has 0 saturated carbocycles. The SMILES string of the molecule is CON(C)C(=O)c1cc(O)cnc1Cl. The number of hydrogen-bond donors (Lipinski definition) is 1. The zero-order valence-corrected chi connectivity index (χ0v) is 8.45. The van der Waals surface area contributed by atoms with E-state index in [1.54, 1.807) is 0 Å². The van der Waals surface area contributed by atoms with Crippen LogP contribution in [-0.2, 0) is 4.84 Å². The molecule has 0 spiro atoms. The number of rotatable bonds is 2. The quantitative estimate of drug-likeness (QED) is 0.594. The summed E-state index contributed by atoms with van der Waals surface area (Å²) in [7, 11) is 2.78.